The van der Waals surface area contributed by atoms with Crippen LogP contribution in [0.4, 0.5) is 5.82 Å². The van der Waals surface area contributed by atoms with E-state index in [0.717, 1.165) is 11.5 Å². The van der Waals surface area contributed by atoms with Gasteiger partial charge in [-0.25, -0.2) is 4.98 Å². The molecule has 1 saturated heterocycles. The zero-order chi connectivity index (χ0) is 17.1. The molecule has 0 aromatic carbocycles. The van der Waals surface area contributed by atoms with E-state index in [-0.39, 0.29) is 18.6 Å². The minimum Gasteiger partial charge on any atom is -0.368 e. The molecule has 9 heteroatoms. The lowest BCUT2D eigenvalue weighted by Gasteiger charge is -2.33. The van der Waals surface area contributed by atoms with Gasteiger partial charge in [0.05, 0.1) is 24.4 Å². The quantitative estimate of drug-likeness (QED) is 0.818. The average molecular weight is 351 g/mol. The number of carbonyl (C=O) groups excluding carboxylic acids is 1. The number of aromatic nitrogens is 4. The van der Waals surface area contributed by atoms with Crippen molar-refractivity contribution in [2.75, 3.05) is 38.7 Å². The molecule has 128 valence electrons. The second-order valence-corrected chi connectivity index (χ2v) is 6.15. The van der Waals surface area contributed by atoms with E-state index in [0.29, 0.717) is 24.7 Å². The second-order valence-electron chi connectivity index (χ2n) is 5.71. The topological polar surface area (TPSA) is 76.4 Å². The van der Waals surface area contributed by atoms with Crippen LogP contribution in [-0.4, -0.2) is 64.3 Å². The molecule has 1 aliphatic rings. The van der Waals surface area contributed by atoms with Gasteiger partial charge in [0.25, 0.3) is 0 Å². The molecule has 0 radical (unpaired) electrons. The molecule has 8 nitrogen and oxygen atoms in total. The third-order valence-corrected chi connectivity index (χ3v) is 3.95. The Bertz CT molecular complexity index is 719. The molecule has 24 heavy (non-hydrogen) atoms. The van der Waals surface area contributed by atoms with Crippen LogP contribution < -0.4 is 4.90 Å². The molecule has 3 rings (SSSR count). The predicted molar refractivity (Wildman–Crippen MR) is 88.9 cm³/mol. The fraction of sp³-hybridized carbons (Fsp3) is 0.467. The highest BCUT2D eigenvalue weighted by molar-refractivity contribution is 6.30. The van der Waals surface area contributed by atoms with Crippen LogP contribution in [0.15, 0.2) is 24.8 Å². The Morgan fingerprint density at radius 2 is 2.21 bits per heavy atom. The summed E-state index contributed by atoms with van der Waals surface area (Å²) in [5, 5.41) is 4.55. The lowest BCUT2D eigenvalue weighted by molar-refractivity contribution is -0.140. The predicted octanol–water partition coefficient (Wildman–Crippen LogP) is 0.993. The number of carbonyl (C=O) groups is 1. The van der Waals surface area contributed by atoms with Crippen LogP contribution in [0.25, 0.3) is 0 Å². The maximum Gasteiger partial charge on any atom is 0.244 e. The Kier molecular flexibility index (Phi) is 4.96. The van der Waals surface area contributed by atoms with E-state index in [2.05, 4.69) is 15.1 Å². The molecule has 1 fully saturated rings. The molecule has 2 aromatic rings. The summed E-state index contributed by atoms with van der Waals surface area (Å²) in [6.45, 7) is 1.59. The highest BCUT2D eigenvalue weighted by atomic mass is 35.5. The highest BCUT2D eigenvalue weighted by Gasteiger charge is 2.29. The smallest absolute Gasteiger partial charge is 0.244 e. The average Bonchev–Trinajstić information content (AvgIpc) is 2.99. The largest absolute Gasteiger partial charge is 0.368 e. The van der Waals surface area contributed by atoms with Gasteiger partial charge in [0, 0.05) is 39.2 Å². The highest BCUT2D eigenvalue weighted by Crippen LogP contribution is 2.26. The maximum absolute atomic E-state index is 12.5. The number of amides is 1. The number of rotatable bonds is 4. The van der Waals surface area contributed by atoms with Crippen molar-refractivity contribution in [2.24, 2.45) is 0 Å². The molecule has 1 atom stereocenters. The first-order valence-corrected chi connectivity index (χ1v) is 7.98. The summed E-state index contributed by atoms with van der Waals surface area (Å²) in [5.74, 6) is 0.717. The van der Waals surface area contributed by atoms with Crippen LogP contribution in [0.1, 0.15) is 11.8 Å². The summed E-state index contributed by atoms with van der Waals surface area (Å²) >= 11 is 5.83. The summed E-state index contributed by atoms with van der Waals surface area (Å²) in [5.41, 5.74) is 0.738. The van der Waals surface area contributed by atoms with E-state index >= 15 is 0 Å². The molecular formula is C15H19ClN6O2. The van der Waals surface area contributed by atoms with Gasteiger partial charge in [-0.15, -0.1) is 0 Å². The van der Waals surface area contributed by atoms with Crippen LogP contribution in [-0.2, 0) is 16.1 Å². The molecule has 0 unspecified atom stereocenters. The summed E-state index contributed by atoms with van der Waals surface area (Å²) in [4.78, 5) is 24.9. The van der Waals surface area contributed by atoms with E-state index < -0.39 is 0 Å². The number of ether oxygens (including phenoxy) is 1. The monoisotopic (exact) mass is 350 g/mol. The van der Waals surface area contributed by atoms with Gasteiger partial charge >= 0.3 is 0 Å². The minimum absolute atomic E-state index is 0.0293. The van der Waals surface area contributed by atoms with Crippen molar-refractivity contribution in [3.8, 4) is 0 Å². The number of morpholine rings is 1. The van der Waals surface area contributed by atoms with Crippen molar-refractivity contribution in [1.29, 1.82) is 0 Å². The zero-order valence-electron chi connectivity index (χ0n) is 13.6. The molecule has 0 spiro atoms. The molecule has 2 aromatic heterocycles. The molecule has 1 amide bonds. The number of anilines is 1. The van der Waals surface area contributed by atoms with Crippen molar-refractivity contribution in [3.63, 3.8) is 0 Å². The Morgan fingerprint density at radius 1 is 1.42 bits per heavy atom. The summed E-state index contributed by atoms with van der Waals surface area (Å²) in [7, 11) is 3.81. The van der Waals surface area contributed by atoms with E-state index in [9.17, 15) is 4.79 Å². The lowest BCUT2D eigenvalue weighted by Crippen LogP contribution is -2.44. The first-order chi connectivity index (χ1) is 11.5. The van der Waals surface area contributed by atoms with Gasteiger partial charge in [-0.05, 0) is 0 Å². The van der Waals surface area contributed by atoms with Gasteiger partial charge in [0.1, 0.15) is 18.3 Å². The summed E-state index contributed by atoms with van der Waals surface area (Å²) < 4.78 is 7.35. The molecule has 1 aliphatic heterocycles. The molecule has 3 heterocycles. The molecule has 0 bridgehead atoms. The Hall–Kier alpha value is -2.19. The van der Waals surface area contributed by atoms with Crippen LogP contribution in [0.2, 0.25) is 5.02 Å². The number of halogens is 1. The molecule has 0 aliphatic carbocycles. The molecular weight excluding hydrogens is 332 g/mol. The third-order valence-electron chi connectivity index (χ3n) is 3.75. The van der Waals surface area contributed by atoms with Crippen LogP contribution >= 0.6 is 11.6 Å². The number of nitrogens with zero attached hydrogens (tertiary/aromatic N) is 6. The van der Waals surface area contributed by atoms with E-state index in [1.807, 2.05) is 19.0 Å². The lowest BCUT2D eigenvalue weighted by atomic mass is 10.2. The van der Waals surface area contributed by atoms with Crippen LogP contribution in [0.3, 0.4) is 0 Å². The SMILES string of the molecule is CN(C)c1nccnc1[C@H]1CN(C(=O)Cn2cc(Cl)cn2)CCO1. The first kappa shape index (κ1) is 16.7. The normalized spacial score (nSPS) is 17.8. The van der Waals surface area contributed by atoms with E-state index in [1.165, 1.54) is 10.9 Å². The van der Waals surface area contributed by atoms with Crippen molar-refractivity contribution >= 4 is 23.3 Å². The van der Waals surface area contributed by atoms with Gasteiger partial charge in [-0.3, -0.25) is 14.5 Å². The number of hydrogen-bond donors (Lipinski definition) is 0. The fourth-order valence-electron chi connectivity index (χ4n) is 2.62. The van der Waals surface area contributed by atoms with Gasteiger partial charge < -0.3 is 14.5 Å². The fourth-order valence-corrected chi connectivity index (χ4v) is 2.77. The molecule has 0 N–H and O–H groups in total. The van der Waals surface area contributed by atoms with Crippen LogP contribution in [0, 0.1) is 0 Å². The van der Waals surface area contributed by atoms with Crippen molar-refractivity contribution in [1.82, 2.24) is 24.6 Å². The summed E-state index contributed by atoms with van der Waals surface area (Å²) in [6, 6.07) is 0. The van der Waals surface area contributed by atoms with Crippen molar-refractivity contribution in [2.45, 2.75) is 12.6 Å². The maximum atomic E-state index is 12.5. The Morgan fingerprint density at radius 3 is 2.92 bits per heavy atom. The van der Waals surface area contributed by atoms with Crippen molar-refractivity contribution < 1.29 is 9.53 Å². The molecule has 0 saturated carbocycles. The van der Waals surface area contributed by atoms with Gasteiger partial charge in [0.15, 0.2) is 5.82 Å². The van der Waals surface area contributed by atoms with E-state index in [4.69, 9.17) is 16.3 Å². The summed E-state index contributed by atoms with van der Waals surface area (Å²) in [6.07, 6.45) is 6.13. The standard InChI is InChI=1S/C15H19ClN6O2/c1-20(2)15-14(17-3-4-18-15)12-9-21(5-6-24-12)13(23)10-22-8-11(16)7-19-22/h3-4,7-8,12H,5-6,9-10H2,1-2H3/t12-/m1/s1. The van der Waals surface area contributed by atoms with Crippen LogP contribution in [0.5, 0.6) is 0 Å². The minimum atomic E-state index is -0.296. The van der Waals surface area contributed by atoms with Gasteiger partial charge in [-0.2, -0.15) is 5.10 Å². The first-order valence-electron chi connectivity index (χ1n) is 7.60. The Balaban J connectivity index is 1.71. The van der Waals surface area contributed by atoms with Crippen molar-refractivity contribution in [3.05, 3.63) is 35.5 Å². The van der Waals surface area contributed by atoms with Gasteiger partial charge in [0.2, 0.25) is 5.91 Å². The number of hydrogen-bond acceptors (Lipinski definition) is 6. The zero-order valence-corrected chi connectivity index (χ0v) is 14.3. The Labute approximate surface area is 145 Å². The van der Waals surface area contributed by atoms with Gasteiger partial charge in [-0.1, -0.05) is 11.6 Å². The third kappa shape index (κ3) is 3.65. The van der Waals surface area contributed by atoms with E-state index in [1.54, 1.807) is 23.5 Å². The second kappa shape index (κ2) is 7.14.